The Morgan fingerprint density at radius 2 is 2.08 bits per heavy atom. The van der Waals surface area contributed by atoms with E-state index in [1.165, 1.54) is 0 Å². The van der Waals surface area contributed by atoms with Gasteiger partial charge >= 0.3 is 0 Å². The van der Waals surface area contributed by atoms with Crippen molar-refractivity contribution in [3.8, 4) is 0 Å². The van der Waals surface area contributed by atoms with E-state index in [-0.39, 0.29) is 17.5 Å². The molecule has 2 rings (SSSR count). The topological polar surface area (TPSA) is 12.9 Å². The molecule has 1 heterocycles. The number of pyridine rings is 1. The molecule has 0 unspecified atom stereocenters. The van der Waals surface area contributed by atoms with E-state index in [0.29, 0.717) is 5.69 Å². The first-order valence-electron chi connectivity index (χ1n) is 3.47. The van der Waals surface area contributed by atoms with Crippen LogP contribution in [-0.4, -0.2) is 10.9 Å². The molecule has 1 aromatic rings. The fourth-order valence-electron chi connectivity index (χ4n) is 1.03. The lowest BCUT2D eigenvalue weighted by molar-refractivity contribution is 0.129. The number of hydrogen-bond acceptors (Lipinski definition) is 1. The first-order valence-corrected chi connectivity index (χ1v) is 3.84. The Hall–Kier alpha value is -0.700. The zero-order valence-corrected chi connectivity index (χ0v) is 6.78. The van der Waals surface area contributed by atoms with Crippen molar-refractivity contribution in [1.29, 1.82) is 0 Å². The number of halogens is 3. The molecule has 63 valence electrons. The molecule has 1 fully saturated rings. The summed E-state index contributed by atoms with van der Waals surface area (Å²) in [5.41, 5.74) is 0.313. The average Bonchev–Trinajstić information content (AvgIpc) is 2.60. The summed E-state index contributed by atoms with van der Waals surface area (Å²) in [5.74, 6) is -2.55. The number of alkyl halides is 2. The lowest BCUT2D eigenvalue weighted by atomic mass is 10.2. The second-order valence-corrected chi connectivity index (χ2v) is 3.09. The molecule has 1 aliphatic carbocycles. The Bertz CT molecular complexity index is 314. The van der Waals surface area contributed by atoms with E-state index in [1.54, 1.807) is 18.2 Å². The number of aromatic nitrogens is 1. The van der Waals surface area contributed by atoms with E-state index in [9.17, 15) is 8.78 Å². The number of hydrogen-bond donors (Lipinski definition) is 0. The zero-order chi connectivity index (χ0) is 8.77. The predicted octanol–water partition coefficient (Wildman–Crippen LogP) is 2.70. The molecule has 1 aliphatic rings. The molecule has 0 spiro atoms. The van der Waals surface area contributed by atoms with Crippen LogP contribution in [0.25, 0.3) is 0 Å². The molecule has 1 radical (unpaired) electrons. The molecule has 0 N–H and O–H groups in total. The van der Waals surface area contributed by atoms with Gasteiger partial charge in [-0.05, 0) is 12.1 Å². The average molecular weight is 189 g/mol. The predicted molar refractivity (Wildman–Crippen MR) is 41.2 cm³/mol. The maximum absolute atomic E-state index is 12.5. The molecule has 1 nitrogen and oxygen atoms in total. The van der Waals surface area contributed by atoms with E-state index < -0.39 is 5.92 Å². The standard InChI is InChI=1S/C8H5ClF2N/c9-7-3-1-2-6(12-7)5-4-8(5,10)11/h1-3H,4H2. The highest BCUT2D eigenvalue weighted by atomic mass is 35.5. The van der Waals surface area contributed by atoms with Gasteiger partial charge in [0.25, 0.3) is 5.92 Å². The van der Waals surface area contributed by atoms with Crippen molar-refractivity contribution in [1.82, 2.24) is 4.98 Å². The summed E-state index contributed by atoms with van der Waals surface area (Å²) < 4.78 is 25.0. The van der Waals surface area contributed by atoms with Gasteiger partial charge in [0, 0.05) is 6.42 Å². The molecule has 0 amide bonds. The summed E-state index contributed by atoms with van der Waals surface area (Å²) in [6.07, 6.45) is -0.180. The minimum Gasteiger partial charge on any atom is -0.240 e. The lowest BCUT2D eigenvalue weighted by Crippen LogP contribution is -1.95. The van der Waals surface area contributed by atoms with Crippen LogP contribution in [0.1, 0.15) is 12.1 Å². The zero-order valence-electron chi connectivity index (χ0n) is 6.02. The third-order valence-electron chi connectivity index (χ3n) is 1.74. The molecule has 4 heteroatoms. The van der Waals surface area contributed by atoms with E-state index in [1.807, 2.05) is 0 Å². The van der Waals surface area contributed by atoms with Crippen LogP contribution in [0.15, 0.2) is 18.2 Å². The molecular formula is C8H5ClF2N. The number of rotatable bonds is 1. The summed E-state index contributed by atoms with van der Waals surface area (Å²) in [4.78, 5) is 3.78. The van der Waals surface area contributed by atoms with Gasteiger partial charge < -0.3 is 0 Å². The minimum absolute atomic E-state index is 0.0880. The van der Waals surface area contributed by atoms with Crippen LogP contribution in [0.3, 0.4) is 0 Å². The Balaban J connectivity index is 2.26. The largest absolute Gasteiger partial charge is 0.261 e. The maximum atomic E-state index is 12.5. The van der Waals surface area contributed by atoms with E-state index in [0.717, 1.165) is 0 Å². The lowest BCUT2D eigenvalue weighted by Gasteiger charge is -1.96. The Morgan fingerprint density at radius 3 is 2.58 bits per heavy atom. The monoisotopic (exact) mass is 188 g/mol. The highest BCUT2D eigenvalue weighted by Crippen LogP contribution is 2.54. The second kappa shape index (κ2) is 2.39. The highest BCUT2D eigenvalue weighted by molar-refractivity contribution is 6.29. The molecule has 1 aromatic heterocycles. The Labute approximate surface area is 73.4 Å². The minimum atomic E-state index is -2.64. The SMILES string of the molecule is FC1(F)C[C]1c1cccc(Cl)n1. The Morgan fingerprint density at radius 1 is 1.42 bits per heavy atom. The van der Waals surface area contributed by atoms with Gasteiger partial charge in [-0.2, -0.15) is 0 Å². The quantitative estimate of drug-likeness (QED) is 0.618. The van der Waals surface area contributed by atoms with E-state index in [4.69, 9.17) is 11.6 Å². The molecule has 0 bridgehead atoms. The molecule has 0 saturated heterocycles. The van der Waals surface area contributed by atoms with Crippen molar-refractivity contribution in [2.24, 2.45) is 0 Å². The number of nitrogens with zero attached hydrogens (tertiary/aromatic N) is 1. The molecule has 1 saturated carbocycles. The summed E-state index contributed by atoms with van der Waals surface area (Å²) in [7, 11) is 0. The summed E-state index contributed by atoms with van der Waals surface area (Å²) in [6, 6.07) is 4.72. The third kappa shape index (κ3) is 1.29. The van der Waals surface area contributed by atoms with Crippen molar-refractivity contribution >= 4 is 11.6 Å². The summed E-state index contributed by atoms with van der Waals surface area (Å²) in [5, 5.41) is 0.253. The molecular weight excluding hydrogens is 184 g/mol. The van der Waals surface area contributed by atoms with Gasteiger partial charge in [0.2, 0.25) is 0 Å². The second-order valence-electron chi connectivity index (χ2n) is 2.71. The van der Waals surface area contributed by atoms with Crippen LogP contribution in [0.2, 0.25) is 5.15 Å². The summed E-state index contributed by atoms with van der Waals surface area (Å²) >= 11 is 5.54. The first-order chi connectivity index (χ1) is 5.59. The first kappa shape index (κ1) is 7.92. The molecule has 0 atom stereocenters. The van der Waals surface area contributed by atoms with Crippen LogP contribution < -0.4 is 0 Å². The smallest absolute Gasteiger partial charge is 0.240 e. The fraction of sp³-hybridized carbons (Fsp3) is 0.250. The normalized spacial score (nSPS) is 20.9. The van der Waals surface area contributed by atoms with Crippen molar-refractivity contribution in [3.05, 3.63) is 35.0 Å². The van der Waals surface area contributed by atoms with Crippen LogP contribution in [-0.2, 0) is 0 Å². The highest BCUT2D eigenvalue weighted by Gasteiger charge is 2.59. The van der Waals surface area contributed by atoms with Crippen molar-refractivity contribution in [2.75, 3.05) is 0 Å². The van der Waals surface area contributed by atoms with Gasteiger partial charge in [-0.25, -0.2) is 13.8 Å². The Kier molecular flexibility index (Phi) is 1.58. The van der Waals surface area contributed by atoms with Gasteiger partial charge in [0.15, 0.2) is 0 Å². The van der Waals surface area contributed by atoms with Gasteiger partial charge in [-0.1, -0.05) is 17.7 Å². The van der Waals surface area contributed by atoms with Crippen LogP contribution >= 0.6 is 11.6 Å². The maximum Gasteiger partial charge on any atom is 0.261 e. The molecule has 12 heavy (non-hydrogen) atoms. The van der Waals surface area contributed by atoms with Gasteiger partial charge in [-0.15, -0.1) is 0 Å². The van der Waals surface area contributed by atoms with Crippen LogP contribution in [0, 0.1) is 5.92 Å². The fourth-order valence-corrected chi connectivity index (χ4v) is 1.20. The van der Waals surface area contributed by atoms with Crippen molar-refractivity contribution < 1.29 is 8.78 Å². The van der Waals surface area contributed by atoms with Crippen molar-refractivity contribution in [2.45, 2.75) is 12.3 Å². The van der Waals surface area contributed by atoms with Gasteiger partial charge in [-0.3, -0.25) is 0 Å². The van der Waals surface area contributed by atoms with Gasteiger partial charge in [0.05, 0.1) is 11.6 Å². The van der Waals surface area contributed by atoms with Gasteiger partial charge in [0.1, 0.15) is 5.15 Å². The van der Waals surface area contributed by atoms with E-state index >= 15 is 0 Å². The van der Waals surface area contributed by atoms with Crippen molar-refractivity contribution in [3.63, 3.8) is 0 Å². The third-order valence-corrected chi connectivity index (χ3v) is 1.95. The summed E-state index contributed by atoms with van der Waals surface area (Å²) in [6.45, 7) is 0. The molecule has 0 aromatic carbocycles. The van der Waals surface area contributed by atoms with Crippen LogP contribution in [0.5, 0.6) is 0 Å². The molecule has 0 aliphatic heterocycles. The van der Waals surface area contributed by atoms with Crippen LogP contribution in [0.4, 0.5) is 8.78 Å². The van der Waals surface area contributed by atoms with E-state index in [2.05, 4.69) is 4.98 Å².